The van der Waals surface area contributed by atoms with Crippen molar-refractivity contribution in [2.24, 2.45) is 5.16 Å². The van der Waals surface area contributed by atoms with E-state index in [1.54, 1.807) is 6.21 Å². The summed E-state index contributed by atoms with van der Waals surface area (Å²) in [6, 6.07) is 7.48. The van der Waals surface area contributed by atoms with Crippen LogP contribution in [0.3, 0.4) is 0 Å². The van der Waals surface area contributed by atoms with Gasteiger partial charge in [0.25, 0.3) is 0 Å². The second kappa shape index (κ2) is 10.6. The van der Waals surface area contributed by atoms with Gasteiger partial charge in [0.2, 0.25) is 0 Å². The topological polar surface area (TPSA) is 86.6 Å². The van der Waals surface area contributed by atoms with Crippen LogP contribution >= 0.6 is 0 Å². The van der Waals surface area contributed by atoms with Crippen LogP contribution in [0.15, 0.2) is 29.4 Å². The summed E-state index contributed by atoms with van der Waals surface area (Å²) < 4.78 is 16.2. The normalized spacial score (nSPS) is 15.0. The third-order valence-corrected chi connectivity index (χ3v) is 3.34. The van der Waals surface area contributed by atoms with Crippen LogP contribution in [0.5, 0.6) is 5.75 Å². The molecular formula is C17H23NO6. The predicted octanol–water partition coefficient (Wildman–Crippen LogP) is 2.43. The summed E-state index contributed by atoms with van der Waals surface area (Å²) >= 11 is 0. The standard InChI is InChI=1S/C17H23NO6/c19-16(20)7-2-1-3-8-24-18-12-14-5-4-6-15(11-14)23-13-17-21-9-10-22-17/h4-6,11-12,17H,1-3,7-10,13H2,(H,19,20)/b18-12+. The van der Waals surface area contributed by atoms with E-state index >= 15 is 0 Å². The van der Waals surface area contributed by atoms with Crippen LogP contribution in [-0.4, -0.2) is 50.0 Å². The molecule has 7 heteroatoms. The van der Waals surface area contributed by atoms with Gasteiger partial charge >= 0.3 is 5.97 Å². The zero-order chi connectivity index (χ0) is 17.0. The molecule has 0 aromatic heterocycles. The van der Waals surface area contributed by atoms with Crippen LogP contribution in [0.4, 0.5) is 0 Å². The highest BCUT2D eigenvalue weighted by molar-refractivity contribution is 5.79. The molecule has 1 heterocycles. The SMILES string of the molecule is O=C(O)CCCCCO/N=C/c1cccc(OCC2OCCO2)c1. The second-order valence-corrected chi connectivity index (χ2v) is 5.33. The van der Waals surface area contributed by atoms with Gasteiger partial charge in [0.15, 0.2) is 6.29 Å². The number of nitrogens with zero attached hydrogens (tertiary/aromatic N) is 1. The molecule has 1 N–H and O–H groups in total. The molecule has 2 rings (SSSR count). The largest absolute Gasteiger partial charge is 0.488 e. The maximum atomic E-state index is 10.4. The molecule has 24 heavy (non-hydrogen) atoms. The predicted molar refractivity (Wildman–Crippen MR) is 87.3 cm³/mol. The first kappa shape index (κ1) is 18.2. The Labute approximate surface area is 141 Å². The minimum atomic E-state index is -0.762. The molecule has 0 amide bonds. The van der Waals surface area contributed by atoms with Gasteiger partial charge in [0.1, 0.15) is 19.0 Å². The second-order valence-electron chi connectivity index (χ2n) is 5.33. The fraction of sp³-hybridized carbons (Fsp3) is 0.529. The molecule has 0 unspecified atom stereocenters. The summed E-state index contributed by atoms with van der Waals surface area (Å²) in [7, 11) is 0. The number of carboxylic acids is 1. The first-order valence-electron chi connectivity index (χ1n) is 8.07. The number of unbranched alkanes of at least 4 members (excludes halogenated alkanes) is 2. The van der Waals surface area contributed by atoms with E-state index in [1.165, 1.54) is 0 Å². The van der Waals surface area contributed by atoms with Crippen LogP contribution in [0.1, 0.15) is 31.2 Å². The summed E-state index contributed by atoms with van der Waals surface area (Å²) in [5.41, 5.74) is 0.867. The Kier molecular flexibility index (Phi) is 8.06. The highest BCUT2D eigenvalue weighted by Gasteiger charge is 2.16. The Morgan fingerprint density at radius 2 is 2.12 bits per heavy atom. The molecule has 1 aromatic carbocycles. The quantitative estimate of drug-likeness (QED) is 0.379. The van der Waals surface area contributed by atoms with Gasteiger partial charge in [-0.15, -0.1) is 0 Å². The summed E-state index contributed by atoms with van der Waals surface area (Å²) in [6.07, 6.45) is 3.79. The highest BCUT2D eigenvalue weighted by atomic mass is 16.7. The minimum absolute atomic E-state index is 0.201. The van der Waals surface area contributed by atoms with Crippen molar-refractivity contribution in [1.82, 2.24) is 0 Å². The molecule has 1 aromatic rings. The molecule has 0 saturated carbocycles. The van der Waals surface area contributed by atoms with Crippen molar-refractivity contribution in [3.8, 4) is 5.75 Å². The number of ether oxygens (including phenoxy) is 3. The maximum absolute atomic E-state index is 10.4. The fourth-order valence-electron chi connectivity index (χ4n) is 2.12. The Morgan fingerprint density at radius 1 is 1.29 bits per heavy atom. The molecule has 1 aliphatic rings. The monoisotopic (exact) mass is 337 g/mol. The van der Waals surface area contributed by atoms with Crippen molar-refractivity contribution in [1.29, 1.82) is 0 Å². The van der Waals surface area contributed by atoms with Crippen molar-refractivity contribution >= 4 is 12.2 Å². The number of carboxylic acid groups (broad SMARTS) is 1. The maximum Gasteiger partial charge on any atom is 0.303 e. The third kappa shape index (κ3) is 7.43. The number of rotatable bonds is 11. The van der Waals surface area contributed by atoms with Crippen LogP contribution in [0.2, 0.25) is 0 Å². The van der Waals surface area contributed by atoms with E-state index in [0.29, 0.717) is 38.6 Å². The van der Waals surface area contributed by atoms with Crippen LogP contribution in [-0.2, 0) is 19.1 Å². The summed E-state index contributed by atoms with van der Waals surface area (Å²) in [5.74, 6) is -0.0474. The van der Waals surface area contributed by atoms with Crippen LogP contribution < -0.4 is 4.74 Å². The van der Waals surface area contributed by atoms with Gasteiger partial charge in [-0.3, -0.25) is 4.79 Å². The number of oxime groups is 1. The van der Waals surface area contributed by atoms with Crippen molar-refractivity contribution in [3.63, 3.8) is 0 Å². The number of carbonyl (C=O) groups is 1. The summed E-state index contributed by atoms with van der Waals surface area (Å²) in [6.45, 7) is 2.04. The molecule has 0 spiro atoms. The zero-order valence-electron chi connectivity index (χ0n) is 13.6. The molecule has 1 aliphatic heterocycles. The van der Waals surface area contributed by atoms with Crippen molar-refractivity contribution < 1.29 is 28.9 Å². The molecule has 1 saturated heterocycles. The van der Waals surface area contributed by atoms with Crippen LogP contribution in [0.25, 0.3) is 0 Å². The van der Waals surface area contributed by atoms with E-state index in [9.17, 15) is 4.79 Å². The van der Waals surface area contributed by atoms with Gasteiger partial charge in [-0.2, -0.15) is 0 Å². The van der Waals surface area contributed by atoms with Crippen LogP contribution in [0, 0.1) is 0 Å². The lowest BCUT2D eigenvalue weighted by Gasteiger charge is -2.11. The number of benzene rings is 1. The zero-order valence-corrected chi connectivity index (χ0v) is 13.6. The van der Waals surface area contributed by atoms with Crippen molar-refractivity contribution in [2.75, 3.05) is 26.4 Å². The molecule has 7 nitrogen and oxygen atoms in total. The lowest BCUT2D eigenvalue weighted by molar-refractivity contribution is -0.137. The highest BCUT2D eigenvalue weighted by Crippen LogP contribution is 2.14. The van der Waals surface area contributed by atoms with Crippen molar-refractivity contribution in [2.45, 2.75) is 32.0 Å². The molecule has 132 valence electrons. The van der Waals surface area contributed by atoms with Gasteiger partial charge in [0.05, 0.1) is 19.4 Å². The van der Waals surface area contributed by atoms with Crippen molar-refractivity contribution in [3.05, 3.63) is 29.8 Å². The molecule has 1 fully saturated rings. The van der Waals surface area contributed by atoms with Gasteiger partial charge < -0.3 is 24.2 Å². The minimum Gasteiger partial charge on any atom is -0.488 e. The Morgan fingerprint density at radius 3 is 2.92 bits per heavy atom. The third-order valence-electron chi connectivity index (χ3n) is 3.34. The van der Waals surface area contributed by atoms with Gasteiger partial charge in [0, 0.05) is 6.42 Å². The molecule has 0 atom stereocenters. The Bertz CT molecular complexity index is 528. The summed E-state index contributed by atoms with van der Waals surface area (Å²) in [5, 5.41) is 12.4. The van der Waals surface area contributed by atoms with Gasteiger partial charge in [-0.25, -0.2) is 0 Å². The number of hydrogen-bond acceptors (Lipinski definition) is 6. The first-order chi connectivity index (χ1) is 11.7. The van der Waals surface area contributed by atoms with E-state index in [0.717, 1.165) is 18.4 Å². The van der Waals surface area contributed by atoms with Gasteiger partial charge in [-0.1, -0.05) is 17.3 Å². The van der Waals surface area contributed by atoms with E-state index < -0.39 is 5.97 Å². The lowest BCUT2D eigenvalue weighted by atomic mass is 10.2. The Hall–Kier alpha value is -2.12. The molecular weight excluding hydrogens is 314 g/mol. The van der Waals surface area contributed by atoms with E-state index in [2.05, 4.69) is 5.16 Å². The average Bonchev–Trinajstić information content (AvgIpc) is 3.09. The van der Waals surface area contributed by atoms with E-state index in [-0.39, 0.29) is 12.7 Å². The lowest BCUT2D eigenvalue weighted by Crippen LogP contribution is -2.18. The number of hydrogen-bond donors (Lipinski definition) is 1. The van der Waals surface area contributed by atoms with E-state index in [1.807, 2.05) is 24.3 Å². The molecule has 0 aliphatic carbocycles. The smallest absolute Gasteiger partial charge is 0.303 e. The molecule has 0 radical (unpaired) electrons. The molecule has 0 bridgehead atoms. The number of aliphatic carboxylic acids is 1. The Balaban J connectivity index is 1.62. The summed E-state index contributed by atoms with van der Waals surface area (Å²) in [4.78, 5) is 15.5. The average molecular weight is 337 g/mol. The first-order valence-corrected chi connectivity index (χ1v) is 8.07. The fourth-order valence-corrected chi connectivity index (χ4v) is 2.12. The van der Waals surface area contributed by atoms with Gasteiger partial charge in [-0.05, 0) is 37.0 Å². The van der Waals surface area contributed by atoms with E-state index in [4.69, 9.17) is 24.2 Å².